The lowest BCUT2D eigenvalue weighted by Gasteiger charge is -2.15. The number of hydrogen-bond donors (Lipinski definition) is 0. The molecule has 0 heterocycles. The fourth-order valence-corrected chi connectivity index (χ4v) is 4.29. The van der Waals surface area contributed by atoms with E-state index in [0.29, 0.717) is 5.92 Å². The van der Waals surface area contributed by atoms with Gasteiger partial charge in [0.2, 0.25) is 0 Å². The average molecular weight is 281 g/mol. The Morgan fingerprint density at radius 1 is 1.11 bits per heavy atom. The van der Waals surface area contributed by atoms with Crippen molar-refractivity contribution in [3.8, 4) is 11.5 Å². The van der Waals surface area contributed by atoms with Crippen molar-refractivity contribution in [3.63, 3.8) is 0 Å². The molecule has 2 aliphatic rings. The van der Waals surface area contributed by atoms with Gasteiger partial charge >= 0.3 is 0 Å². The van der Waals surface area contributed by atoms with Crippen molar-refractivity contribution in [1.82, 2.24) is 0 Å². The fraction of sp³-hybridized carbons (Fsp3) is 0.625. The number of alkyl halides is 1. The topological polar surface area (TPSA) is 18.5 Å². The van der Waals surface area contributed by atoms with Crippen LogP contribution in [0.25, 0.3) is 0 Å². The second-order valence-corrected chi connectivity index (χ2v) is 6.17. The molecule has 3 rings (SSSR count). The van der Waals surface area contributed by atoms with Crippen LogP contribution in [0.15, 0.2) is 18.2 Å². The van der Waals surface area contributed by atoms with Crippen molar-refractivity contribution < 1.29 is 9.47 Å². The summed E-state index contributed by atoms with van der Waals surface area (Å²) in [6.45, 7) is 0. The minimum Gasteiger partial charge on any atom is -0.497 e. The van der Waals surface area contributed by atoms with Crippen LogP contribution in [0.2, 0.25) is 0 Å². The van der Waals surface area contributed by atoms with Gasteiger partial charge < -0.3 is 9.47 Å². The molecule has 2 saturated carbocycles. The summed E-state index contributed by atoms with van der Waals surface area (Å²) in [7, 11) is 3.36. The first kappa shape index (κ1) is 13.1. The van der Waals surface area contributed by atoms with Gasteiger partial charge in [-0.3, -0.25) is 0 Å². The average Bonchev–Trinajstić information content (AvgIpc) is 3.20. The molecular weight excluding hydrogens is 260 g/mol. The molecule has 0 N–H and O–H groups in total. The van der Waals surface area contributed by atoms with E-state index in [0.717, 1.165) is 28.9 Å². The zero-order valence-electron chi connectivity index (χ0n) is 11.6. The quantitative estimate of drug-likeness (QED) is 0.760. The molecule has 2 fully saturated rings. The van der Waals surface area contributed by atoms with Crippen LogP contribution in [0.3, 0.4) is 0 Å². The molecule has 3 unspecified atom stereocenters. The van der Waals surface area contributed by atoms with Gasteiger partial charge in [0.1, 0.15) is 11.5 Å². The maximum absolute atomic E-state index is 6.74. The Balaban J connectivity index is 1.81. The number of rotatable bonds is 4. The molecule has 19 heavy (non-hydrogen) atoms. The lowest BCUT2D eigenvalue weighted by atomic mass is 10.0. The van der Waals surface area contributed by atoms with Crippen molar-refractivity contribution in [3.05, 3.63) is 23.8 Å². The third-order valence-electron chi connectivity index (χ3n) is 4.80. The summed E-state index contributed by atoms with van der Waals surface area (Å²) in [5.74, 6) is 4.01. The number of hydrogen-bond acceptors (Lipinski definition) is 2. The van der Waals surface area contributed by atoms with Crippen LogP contribution < -0.4 is 9.47 Å². The van der Waals surface area contributed by atoms with Crippen molar-refractivity contribution >= 4 is 11.6 Å². The molecule has 2 aliphatic carbocycles. The number of methoxy groups -OCH3 is 2. The van der Waals surface area contributed by atoms with Gasteiger partial charge in [-0.2, -0.15) is 0 Å². The minimum absolute atomic E-state index is 0.0777. The molecule has 104 valence electrons. The zero-order valence-corrected chi connectivity index (χ0v) is 12.3. The Labute approximate surface area is 120 Å². The second-order valence-electron chi connectivity index (χ2n) is 5.70. The van der Waals surface area contributed by atoms with E-state index in [1.807, 2.05) is 12.1 Å². The molecule has 3 heteroatoms. The summed E-state index contributed by atoms with van der Waals surface area (Å²) in [4.78, 5) is 0. The van der Waals surface area contributed by atoms with E-state index in [-0.39, 0.29) is 5.38 Å². The van der Waals surface area contributed by atoms with Crippen molar-refractivity contribution in [2.45, 2.75) is 31.1 Å². The Bertz CT molecular complexity index is 448. The maximum Gasteiger partial charge on any atom is 0.127 e. The summed E-state index contributed by atoms with van der Waals surface area (Å²) in [5, 5.41) is 0.0777. The molecule has 0 amide bonds. The number of halogens is 1. The van der Waals surface area contributed by atoms with Gasteiger partial charge in [-0.1, -0.05) is 18.9 Å². The highest BCUT2D eigenvalue weighted by molar-refractivity contribution is 6.21. The molecule has 3 atom stereocenters. The van der Waals surface area contributed by atoms with E-state index in [2.05, 4.69) is 6.07 Å². The number of ether oxygens (including phenoxy) is 2. The first-order valence-electron chi connectivity index (χ1n) is 7.12. The molecule has 1 aromatic carbocycles. The van der Waals surface area contributed by atoms with Crippen molar-refractivity contribution in [1.29, 1.82) is 0 Å². The van der Waals surface area contributed by atoms with Crippen LogP contribution in [0.4, 0.5) is 0 Å². The standard InChI is InChI=1S/C16H21ClO2/c1-18-10-7-8-13(14(9-10)19-2)16(17)15-11-5-3-4-6-12(11)15/h7-9,11-12,15-16H,3-6H2,1-2H3. The molecule has 0 saturated heterocycles. The largest absolute Gasteiger partial charge is 0.497 e. The molecule has 0 radical (unpaired) electrons. The first-order valence-corrected chi connectivity index (χ1v) is 7.56. The normalized spacial score (nSPS) is 30.4. The Morgan fingerprint density at radius 2 is 1.79 bits per heavy atom. The van der Waals surface area contributed by atoms with Gasteiger partial charge in [-0.25, -0.2) is 0 Å². The van der Waals surface area contributed by atoms with E-state index in [1.165, 1.54) is 25.7 Å². The summed E-state index contributed by atoms with van der Waals surface area (Å²) in [6, 6.07) is 5.95. The van der Waals surface area contributed by atoms with Crippen LogP contribution in [0.5, 0.6) is 11.5 Å². The molecule has 0 aliphatic heterocycles. The van der Waals surface area contributed by atoms with E-state index in [9.17, 15) is 0 Å². The highest BCUT2D eigenvalue weighted by Crippen LogP contribution is 2.62. The Hall–Kier alpha value is -0.890. The van der Waals surface area contributed by atoms with Crippen molar-refractivity contribution in [2.24, 2.45) is 17.8 Å². The number of benzene rings is 1. The smallest absolute Gasteiger partial charge is 0.127 e. The third-order valence-corrected chi connectivity index (χ3v) is 5.32. The van der Waals surface area contributed by atoms with E-state index in [1.54, 1.807) is 14.2 Å². The van der Waals surface area contributed by atoms with Crippen LogP contribution in [0.1, 0.15) is 36.6 Å². The monoisotopic (exact) mass is 280 g/mol. The molecule has 0 spiro atoms. The van der Waals surface area contributed by atoms with Crippen LogP contribution in [-0.2, 0) is 0 Å². The molecular formula is C16H21ClO2. The number of fused-ring (bicyclic) bond motifs is 1. The van der Waals surface area contributed by atoms with Gasteiger partial charge in [0.15, 0.2) is 0 Å². The highest BCUT2D eigenvalue weighted by Gasteiger charge is 2.54. The zero-order chi connectivity index (χ0) is 13.4. The maximum atomic E-state index is 6.74. The summed E-state index contributed by atoms with van der Waals surface area (Å²) < 4.78 is 10.7. The van der Waals surface area contributed by atoms with Gasteiger partial charge in [0, 0.05) is 11.6 Å². The summed E-state index contributed by atoms with van der Waals surface area (Å²) in [6.07, 6.45) is 5.47. The predicted octanol–water partition coefficient (Wildman–Crippen LogP) is 4.42. The lowest BCUT2D eigenvalue weighted by Crippen LogP contribution is -2.00. The van der Waals surface area contributed by atoms with E-state index in [4.69, 9.17) is 21.1 Å². The van der Waals surface area contributed by atoms with Gasteiger partial charge in [-0.15, -0.1) is 11.6 Å². The minimum atomic E-state index is 0.0777. The van der Waals surface area contributed by atoms with Gasteiger partial charge in [0.05, 0.1) is 19.6 Å². The summed E-state index contributed by atoms with van der Waals surface area (Å²) in [5.41, 5.74) is 1.12. The Morgan fingerprint density at radius 3 is 2.37 bits per heavy atom. The van der Waals surface area contributed by atoms with Gasteiger partial charge in [-0.05, 0) is 36.7 Å². The lowest BCUT2D eigenvalue weighted by molar-refractivity contribution is 0.389. The van der Waals surface area contributed by atoms with Gasteiger partial charge in [0.25, 0.3) is 0 Å². The SMILES string of the molecule is COc1ccc(C(Cl)C2C3CCCCC32)c(OC)c1. The van der Waals surface area contributed by atoms with Crippen molar-refractivity contribution in [2.75, 3.05) is 14.2 Å². The fourth-order valence-electron chi connectivity index (χ4n) is 3.74. The summed E-state index contributed by atoms with van der Waals surface area (Å²) >= 11 is 6.74. The molecule has 1 aromatic rings. The third kappa shape index (κ3) is 2.31. The van der Waals surface area contributed by atoms with Crippen LogP contribution in [-0.4, -0.2) is 14.2 Å². The molecule has 2 nitrogen and oxygen atoms in total. The molecule has 0 bridgehead atoms. The highest BCUT2D eigenvalue weighted by atomic mass is 35.5. The predicted molar refractivity (Wildman–Crippen MR) is 77.1 cm³/mol. The second kappa shape index (κ2) is 5.24. The first-order chi connectivity index (χ1) is 9.26. The Kier molecular flexibility index (Phi) is 3.62. The van der Waals surface area contributed by atoms with Crippen LogP contribution >= 0.6 is 11.6 Å². The molecule has 0 aromatic heterocycles. The van der Waals surface area contributed by atoms with E-state index < -0.39 is 0 Å². The van der Waals surface area contributed by atoms with Crippen LogP contribution in [0, 0.1) is 17.8 Å². The van der Waals surface area contributed by atoms with E-state index >= 15 is 0 Å².